The maximum absolute atomic E-state index is 12.7. The molecule has 6 nitrogen and oxygen atoms in total. The van der Waals surface area contributed by atoms with Crippen LogP contribution >= 0.6 is 24.0 Å². The number of alkyl halides is 2. The van der Waals surface area contributed by atoms with Crippen LogP contribution in [0, 0.1) is 0 Å². The smallest absolute Gasteiger partial charge is 0.387 e. The molecule has 1 aliphatic rings. The van der Waals surface area contributed by atoms with Gasteiger partial charge in [0.1, 0.15) is 5.75 Å². The molecule has 1 heterocycles. The Morgan fingerprint density at radius 3 is 2.71 bits per heavy atom. The monoisotopic (exact) mass is 545 g/mol. The summed E-state index contributed by atoms with van der Waals surface area (Å²) in [6.07, 6.45) is 0.875. The van der Waals surface area contributed by atoms with Crippen molar-refractivity contribution in [2.45, 2.75) is 25.6 Å². The van der Waals surface area contributed by atoms with Gasteiger partial charge < -0.3 is 25.2 Å². The first-order chi connectivity index (χ1) is 14.5. The molecule has 1 atom stereocenters. The van der Waals surface area contributed by atoms with Gasteiger partial charge in [-0.1, -0.05) is 24.3 Å². The largest absolute Gasteiger partial charge is 0.433 e. The minimum atomic E-state index is -2.84. The fraction of sp³-hybridized carbons (Fsp3) is 0.409. The second kappa shape index (κ2) is 11.9. The Balaban J connectivity index is 0.00000341. The average molecular weight is 545 g/mol. The zero-order valence-corrected chi connectivity index (χ0v) is 20.3. The summed E-state index contributed by atoms with van der Waals surface area (Å²) in [6, 6.07) is 15.4. The van der Waals surface area contributed by atoms with Crippen molar-refractivity contribution >= 4 is 41.3 Å². The number of anilines is 2. The quantitative estimate of drug-likeness (QED) is 0.314. The number of rotatable bonds is 7. The molecule has 0 saturated carbocycles. The third-order valence-corrected chi connectivity index (χ3v) is 5.06. The zero-order chi connectivity index (χ0) is 21.5. The van der Waals surface area contributed by atoms with Crippen LogP contribution < -0.4 is 25.2 Å². The van der Waals surface area contributed by atoms with E-state index in [0.29, 0.717) is 24.7 Å². The SMILES string of the molecule is CN=C(NCc1cccc(N(C)C)c1)NC1CCN(c2ccccc2OC(F)F)C1.I. The molecule has 0 amide bonds. The van der Waals surface area contributed by atoms with Gasteiger partial charge in [-0.25, -0.2) is 0 Å². The third kappa shape index (κ3) is 7.12. The van der Waals surface area contributed by atoms with E-state index in [2.05, 4.69) is 48.4 Å². The molecule has 9 heteroatoms. The van der Waals surface area contributed by atoms with Gasteiger partial charge in [-0.3, -0.25) is 4.99 Å². The number of hydrogen-bond acceptors (Lipinski definition) is 4. The molecule has 0 bridgehead atoms. The summed E-state index contributed by atoms with van der Waals surface area (Å²) in [6.45, 7) is -0.747. The van der Waals surface area contributed by atoms with E-state index in [-0.39, 0.29) is 35.8 Å². The fourth-order valence-corrected chi connectivity index (χ4v) is 3.53. The second-order valence-electron chi connectivity index (χ2n) is 7.41. The van der Waals surface area contributed by atoms with Crippen LogP contribution in [0.5, 0.6) is 5.75 Å². The molecule has 170 valence electrons. The first-order valence-electron chi connectivity index (χ1n) is 9.98. The standard InChI is InChI=1S/C22H29F2N5O.HI/c1-25-22(26-14-16-7-6-8-18(13-16)28(2)3)27-17-11-12-29(15-17)19-9-4-5-10-20(19)30-21(23)24;/h4-10,13,17,21H,11-12,14-15H2,1-3H3,(H2,25,26,27);1H. The topological polar surface area (TPSA) is 52.1 Å². The molecule has 1 saturated heterocycles. The molecular weight excluding hydrogens is 515 g/mol. The lowest BCUT2D eigenvalue weighted by Crippen LogP contribution is -2.44. The van der Waals surface area contributed by atoms with Crippen molar-refractivity contribution in [2.75, 3.05) is 44.0 Å². The molecule has 2 aromatic rings. The summed E-state index contributed by atoms with van der Waals surface area (Å²) in [4.78, 5) is 8.45. The number of guanidine groups is 1. The van der Waals surface area contributed by atoms with Gasteiger partial charge in [0, 0.05) is 52.5 Å². The maximum atomic E-state index is 12.7. The Morgan fingerprint density at radius 1 is 1.23 bits per heavy atom. The van der Waals surface area contributed by atoms with Crippen LogP contribution in [-0.4, -0.2) is 52.8 Å². The van der Waals surface area contributed by atoms with Crippen LogP contribution in [0.25, 0.3) is 0 Å². The average Bonchev–Trinajstić information content (AvgIpc) is 3.19. The van der Waals surface area contributed by atoms with Crippen molar-refractivity contribution in [3.8, 4) is 5.75 Å². The number of halogens is 3. The molecular formula is C22H30F2IN5O. The Bertz CT molecular complexity index is 865. The van der Waals surface area contributed by atoms with Gasteiger partial charge in [0.25, 0.3) is 0 Å². The number of aliphatic imine (C=N–C) groups is 1. The lowest BCUT2D eigenvalue weighted by molar-refractivity contribution is -0.0495. The molecule has 31 heavy (non-hydrogen) atoms. The van der Waals surface area contributed by atoms with Crippen molar-refractivity contribution in [1.29, 1.82) is 0 Å². The zero-order valence-electron chi connectivity index (χ0n) is 18.0. The van der Waals surface area contributed by atoms with E-state index in [4.69, 9.17) is 0 Å². The Hall–Kier alpha value is -2.30. The first-order valence-corrected chi connectivity index (χ1v) is 9.98. The molecule has 0 radical (unpaired) electrons. The van der Waals surface area contributed by atoms with Crippen molar-refractivity contribution in [1.82, 2.24) is 10.6 Å². The summed E-state index contributed by atoms with van der Waals surface area (Å²) in [5, 5.41) is 6.78. The lowest BCUT2D eigenvalue weighted by Gasteiger charge is -2.22. The number of hydrogen-bond donors (Lipinski definition) is 2. The number of para-hydroxylation sites is 2. The molecule has 0 spiro atoms. The molecule has 1 aliphatic heterocycles. The minimum absolute atomic E-state index is 0. The summed E-state index contributed by atoms with van der Waals surface area (Å²) in [7, 11) is 5.77. The van der Waals surface area contributed by atoms with E-state index in [0.717, 1.165) is 24.2 Å². The van der Waals surface area contributed by atoms with Crippen LogP contribution in [-0.2, 0) is 6.54 Å². The second-order valence-corrected chi connectivity index (χ2v) is 7.41. The highest BCUT2D eigenvalue weighted by Gasteiger charge is 2.26. The van der Waals surface area contributed by atoms with Crippen LogP contribution in [0.1, 0.15) is 12.0 Å². The molecule has 3 rings (SSSR count). The van der Waals surface area contributed by atoms with Crippen LogP contribution in [0.15, 0.2) is 53.5 Å². The van der Waals surface area contributed by atoms with E-state index in [1.165, 1.54) is 0 Å². The third-order valence-electron chi connectivity index (χ3n) is 5.06. The van der Waals surface area contributed by atoms with Crippen molar-refractivity contribution in [3.63, 3.8) is 0 Å². The number of benzene rings is 2. The summed E-state index contributed by atoms with van der Waals surface area (Å²) in [5.41, 5.74) is 2.99. The lowest BCUT2D eigenvalue weighted by atomic mass is 10.2. The molecule has 0 aliphatic carbocycles. The molecule has 1 fully saturated rings. The normalized spacial score (nSPS) is 16.1. The highest BCUT2D eigenvalue weighted by Crippen LogP contribution is 2.31. The van der Waals surface area contributed by atoms with Gasteiger partial charge in [-0.05, 0) is 36.2 Å². The van der Waals surface area contributed by atoms with Crippen LogP contribution in [0.3, 0.4) is 0 Å². The molecule has 2 aromatic carbocycles. The van der Waals surface area contributed by atoms with Crippen molar-refractivity contribution < 1.29 is 13.5 Å². The number of nitrogens with zero attached hydrogens (tertiary/aromatic N) is 3. The van der Waals surface area contributed by atoms with Crippen molar-refractivity contribution in [2.24, 2.45) is 4.99 Å². The number of nitrogens with one attached hydrogen (secondary N) is 2. The summed E-state index contributed by atoms with van der Waals surface area (Å²) < 4.78 is 30.1. The highest BCUT2D eigenvalue weighted by atomic mass is 127. The predicted molar refractivity (Wildman–Crippen MR) is 133 cm³/mol. The maximum Gasteiger partial charge on any atom is 0.387 e. The molecule has 2 N–H and O–H groups in total. The number of ether oxygens (including phenoxy) is 1. The van der Waals surface area contributed by atoms with Gasteiger partial charge in [0.2, 0.25) is 0 Å². The van der Waals surface area contributed by atoms with Gasteiger partial charge in [-0.15, -0.1) is 24.0 Å². The van der Waals surface area contributed by atoms with E-state index < -0.39 is 6.61 Å². The van der Waals surface area contributed by atoms with E-state index in [1.807, 2.05) is 32.3 Å². The molecule has 0 aromatic heterocycles. The van der Waals surface area contributed by atoms with Gasteiger partial charge in [0.05, 0.1) is 5.69 Å². The van der Waals surface area contributed by atoms with Gasteiger partial charge >= 0.3 is 6.61 Å². The summed E-state index contributed by atoms with van der Waals surface area (Å²) in [5.74, 6) is 0.922. The highest BCUT2D eigenvalue weighted by molar-refractivity contribution is 14.0. The summed E-state index contributed by atoms with van der Waals surface area (Å²) >= 11 is 0. The van der Waals surface area contributed by atoms with E-state index >= 15 is 0 Å². The van der Waals surface area contributed by atoms with Gasteiger partial charge in [0.15, 0.2) is 5.96 Å². The Labute approximate surface area is 199 Å². The van der Waals surface area contributed by atoms with E-state index in [1.54, 1.807) is 19.2 Å². The minimum Gasteiger partial charge on any atom is -0.433 e. The molecule has 1 unspecified atom stereocenters. The predicted octanol–water partition coefficient (Wildman–Crippen LogP) is 3.92. The van der Waals surface area contributed by atoms with Crippen LogP contribution in [0.2, 0.25) is 0 Å². The van der Waals surface area contributed by atoms with E-state index in [9.17, 15) is 8.78 Å². The Morgan fingerprint density at radius 2 is 2.00 bits per heavy atom. The fourth-order valence-electron chi connectivity index (χ4n) is 3.53. The van der Waals surface area contributed by atoms with Crippen LogP contribution in [0.4, 0.5) is 20.2 Å². The Kier molecular flexibility index (Phi) is 9.60. The van der Waals surface area contributed by atoms with Crippen molar-refractivity contribution in [3.05, 3.63) is 54.1 Å². The van der Waals surface area contributed by atoms with Gasteiger partial charge in [-0.2, -0.15) is 8.78 Å². The first kappa shape index (κ1) is 25.0.